The van der Waals surface area contributed by atoms with Gasteiger partial charge in [-0.2, -0.15) is 0 Å². The average molecular weight is 266 g/mol. The van der Waals surface area contributed by atoms with Gasteiger partial charge in [-0.3, -0.25) is 4.79 Å². The van der Waals surface area contributed by atoms with Crippen LogP contribution in [0.1, 0.15) is 38.8 Å². The molecule has 0 aliphatic carbocycles. The lowest BCUT2D eigenvalue weighted by Crippen LogP contribution is -2.38. The van der Waals surface area contributed by atoms with Crippen LogP contribution in [0.15, 0.2) is 36.4 Å². The zero-order valence-electron chi connectivity index (χ0n) is 11.9. The zero-order valence-corrected chi connectivity index (χ0v) is 11.9. The number of amides is 1. The van der Waals surface area contributed by atoms with E-state index in [9.17, 15) is 4.79 Å². The molecule has 20 heavy (non-hydrogen) atoms. The van der Waals surface area contributed by atoms with Crippen molar-refractivity contribution in [2.24, 2.45) is 0 Å². The van der Waals surface area contributed by atoms with E-state index >= 15 is 0 Å². The van der Waals surface area contributed by atoms with E-state index in [4.69, 9.17) is 0 Å². The Morgan fingerprint density at radius 1 is 0.900 bits per heavy atom. The summed E-state index contributed by atoms with van der Waals surface area (Å²) >= 11 is 0. The Labute approximate surface area is 119 Å². The summed E-state index contributed by atoms with van der Waals surface area (Å²) in [5, 5.41) is 6.43. The molecule has 1 aliphatic heterocycles. The summed E-state index contributed by atoms with van der Waals surface area (Å²) in [7, 11) is 0. The van der Waals surface area contributed by atoms with Gasteiger partial charge in [0.2, 0.25) is 0 Å². The van der Waals surface area contributed by atoms with E-state index in [-0.39, 0.29) is 12.1 Å². The Bertz CT molecular complexity index is 691. The summed E-state index contributed by atoms with van der Waals surface area (Å²) in [5.41, 5.74) is 6.40. The topological polar surface area (TPSA) is 41.1 Å². The molecule has 0 aromatic heterocycles. The molecule has 0 radical (unpaired) electrons. The van der Waals surface area contributed by atoms with Gasteiger partial charge in [-0.15, -0.1) is 0 Å². The highest BCUT2D eigenvalue weighted by molar-refractivity contribution is 6.01. The number of hydrogen-bond donors (Lipinski definition) is 2. The number of carbonyl (C=O) groups is 1. The number of aryl methyl sites for hydroxylation is 3. The van der Waals surface area contributed by atoms with Gasteiger partial charge in [-0.1, -0.05) is 24.3 Å². The summed E-state index contributed by atoms with van der Waals surface area (Å²) in [6.07, 6.45) is -0.170. The molecule has 102 valence electrons. The molecular formula is C17H18N2O. The van der Waals surface area contributed by atoms with E-state index in [0.717, 1.165) is 11.3 Å². The smallest absolute Gasteiger partial charge is 0.255 e. The molecule has 0 saturated heterocycles. The van der Waals surface area contributed by atoms with Crippen LogP contribution < -0.4 is 10.6 Å². The molecule has 0 spiro atoms. The van der Waals surface area contributed by atoms with E-state index in [0.29, 0.717) is 5.56 Å². The Hall–Kier alpha value is -2.29. The largest absolute Gasteiger partial charge is 0.361 e. The molecule has 0 saturated carbocycles. The number of hydrogen-bond acceptors (Lipinski definition) is 2. The van der Waals surface area contributed by atoms with Gasteiger partial charge in [0.1, 0.15) is 6.17 Å². The lowest BCUT2D eigenvalue weighted by Gasteiger charge is -2.29. The fourth-order valence-electron chi connectivity index (χ4n) is 2.66. The molecule has 3 rings (SSSR count). The Morgan fingerprint density at radius 2 is 1.60 bits per heavy atom. The van der Waals surface area contributed by atoms with Crippen LogP contribution in [0.25, 0.3) is 0 Å². The van der Waals surface area contributed by atoms with Gasteiger partial charge in [0, 0.05) is 5.69 Å². The van der Waals surface area contributed by atoms with Crippen molar-refractivity contribution in [3.63, 3.8) is 0 Å². The van der Waals surface area contributed by atoms with Crippen LogP contribution in [0, 0.1) is 20.8 Å². The fourth-order valence-corrected chi connectivity index (χ4v) is 2.66. The predicted molar refractivity (Wildman–Crippen MR) is 80.9 cm³/mol. The molecule has 0 fully saturated rings. The van der Waals surface area contributed by atoms with E-state index < -0.39 is 0 Å². The van der Waals surface area contributed by atoms with Crippen molar-refractivity contribution in [3.05, 3.63) is 64.2 Å². The van der Waals surface area contributed by atoms with Gasteiger partial charge < -0.3 is 10.6 Å². The summed E-state index contributed by atoms with van der Waals surface area (Å²) in [5.74, 6) is -0.0259. The van der Waals surface area contributed by atoms with Crippen molar-refractivity contribution < 1.29 is 4.79 Å². The second-order valence-electron chi connectivity index (χ2n) is 5.39. The minimum Gasteiger partial charge on any atom is -0.361 e. The third kappa shape index (κ3) is 2.05. The van der Waals surface area contributed by atoms with Crippen molar-refractivity contribution in [2.45, 2.75) is 26.9 Å². The predicted octanol–water partition coefficient (Wildman–Crippen LogP) is 3.47. The Balaban J connectivity index is 2.02. The first kappa shape index (κ1) is 12.7. The summed E-state index contributed by atoms with van der Waals surface area (Å²) in [6, 6.07) is 11.9. The SMILES string of the molecule is Cc1cc(C)c([C@@H]2NC(=O)c3ccccc3N2)cc1C. The second kappa shape index (κ2) is 4.67. The average Bonchev–Trinajstić information content (AvgIpc) is 2.43. The zero-order chi connectivity index (χ0) is 14.3. The number of para-hydroxylation sites is 1. The highest BCUT2D eigenvalue weighted by Crippen LogP contribution is 2.29. The number of fused-ring (bicyclic) bond motifs is 1. The molecule has 1 atom stereocenters. The highest BCUT2D eigenvalue weighted by atomic mass is 16.2. The third-order valence-electron chi connectivity index (χ3n) is 3.94. The molecule has 0 bridgehead atoms. The van der Waals surface area contributed by atoms with Gasteiger partial charge in [0.25, 0.3) is 5.91 Å². The molecule has 3 heteroatoms. The van der Waals surface area contributed by atoms with Crippen LogP contribution in [-0.4, -0.2) is 5.91 Å². The van der Waals surface area contributed by atoms with E-state index in [1.54, 1.807) is 0 Å². The van der Waals surface area contributed by atoms with Gasteiger partial charge in [0.05, 0.1) is 5.56 Å². The van der Waals surface area contributed by atoms with Crippen LogP contribution in [0.2, 0.25) is 0 Å². The molecule has 0 unspecified atom stereocenters. The van der Waals surface area contributed by atoms with Crippen LogP contribution >= 0.6 is 0 Å². The lowest BCUT2D eigenvalue weighted by atomic mass is 9.97. The van der Waals surface area contributed by atoms with E-state index in [2.05, 4.69) is 43.5 Å². The summed E-state index contributed by atoms with van der Waals surface area (Å²) in [6.45, 7) is 6.28. The fraction of sp³-hybridized carbons (Fsp3) is 0.235. The van der Waals surface area contributed by atoms with Crippen molar-refractivity contribution in [3.8, 4) is 0 Å². The monoisotopic (exact) mass is 266 g/mol. The molecule has 1 aliphatic rings. The first-order valence-corrected chi connectivity index (χ1v) is 6.80. The van der Waals surface area contributed by atoms with Gasteiger partial charge in [-0.05, 0) is 55.2 Å². The van der Waals surface area contributed by atoms with Gasteiger partial charge in [-0.25, -0.2) is 0 Å². The molecule has 2 aromatic rings. The molecule has 3 nitrogen and oxygen atoms in total. The van der Waals surface area contributed by atoms with Crippen LogP contribution in [-0.2, 0) is 0 Å². The Morgan fingerprint density at radius 3 is 2.40 bits per heavy atom. The summed E-state index contributed by atoms with van der Waals surface area (Å²) < 4.78 is 0. The normalized spacial score (nSPS) is 17.1. The van der Waals surface area contributed by atoms with Crippen LogP contribution in [0.5, 0.6) is 0 Å². The number of anilines is 1. The van der Waals surface area contributed by atoms with Gasteiger partial charge >= 0.3 is 0 Å². The molecular weight excluding hydrogens is 248 g/mol. The maximum atomic E-state index is 12.2. The van der Waals surface area contributed by atoms with Crippen LogP contribution in [0.3, 0.4) is 0 Å². The standard InChI is InChI=1S/C17H18N2O/c1-10-8-12(3)14(9-11(10)2)16-18-15-7-5-4-6-13(15)17(20)19-16/h4-9,16,18H,1-3H3,(H,19,20)/t16-/m0/s1. The lowest BCUT2D eigenvalue weighted by molar-refractivity contribution is 0.0935. The summed E-state index contributed by atoms with van der Waals surface area (Å²) in [4.78, 5) is 12.2. The van der Waals surface area contributed by atoms with Crippen molar-refractivity contribution in [1.82, 2.24) is 5.32 Å². The number of carbonyl (C=O) groups excluding carboxylic acids is 1. The molecule has 1 heterocycles. The maximum absolute atomic E-state index is 12.2. The second-order valence-corrected chi connectivity index (χ2v) is 5.39. The van der Waals surface area contributed by atoms with Crippen molar-refractivity contribution in [2.75, 3.05) is 5.32 Å². The minimum absolute atomic E-state index is 0.0259. The first-order chi connectivity index (χ1) is 9.56. The first-order valence-electron chi connectivity index (χ1n) is 6.80. The Kier molecular flexibility index (Phi) is 2.97. The van der Waals surface area contributed by atoms with Crippen molar-refractivity contribution in [1.29, 1.82) is 0 Å². The number of nitrogens with one attached hydrogen (secondary N) is 2. The van der Waals surface area contributed by atoms with E-state index in [1.165, 1.54) is 16.7 Å². The van der Waals surface area contributed by atoms with Crippen molar-refractivity contribution >= 4 is 11.6 Å². The van der Waals surface area contributed by atoms with E-state index in [1.807, 2.05) is 24.3 Å². The quantitative estimate of drug-likeness (QED) is 0.830. The highest BCUT2D eigenvalue weighted by Gasteiger charge is 2.25. The van der Waals surface area contributed by atoms with Gasteiger partial charge in [0.15, 0.2) is 0 Å². The molecule has 2 aromatic carbocycles. The third-order valence-corrected chi connectivity index (χ3v) is 3.94. The maximum Gasteiger partial charge on any atom is 0.255 e. The number of rotatable bonds is 1. The molecule has 1 amide bonds. The minimum atomic E-state index is -0.170. The molecule has 2 N–H and O–H groups in total. The number of benzene rings is 2. The van der Waals surface area contributed by atoms with Crippen LogP contribution in [0.4, 0.5) is 5.69 Å².